The molecule has 2 heterocycles. The second-order valence-electron chi connectivity index (χ2n) is 16.8. The summed E-state index contributed by atoms with van der Waals surface area (Å²) in [6.07, 6.45) is 17.6. The minimum Gasteiger partial charge on any atom is -0.459 e. The summed E-state index contributed by atoms with van der Waals surface area (Å²) < 4.78 is 12.9. The summed E-state index contributed by atoms with van der Waals surface area (Å²) in [5.74, 6) is -1.18. The van der Waals surface area contributed by atoms with Gasteiger partial charge in [-0.25, -0.2) is 4.79 Å². The van der Waals surface area contributed by atoms with Gasteiger partial charge in [0.1, 0.15) is 6.10 Å². The number of esters is 1. The van der Waals surface area contributed by atoms with Crippen molar-refractivity contribution in [2.75, 3.05) is 40.5 Å². The molecule has 4 unspecified atom stereocenters. The largest absolute Gasteiger partial charge is 0.459 e. The number of Topliss-reactive ketones (excluding diaryl/α,β-unsaturated/α-hetero) is 2. The first kappa shape index (κ1) is 41.7. The van der Waals surface area contributed by atoms with Crippen LogP contribution in [0, 0.1) is 29.6 Å². The van der Waals surface area contributed by atoms with Crippen LogP contribution in [0.25, 0.3) is 0 Å². The number of ether oxygens (including phenoxy) is 2. The Kier molecular flexibility index (Phi) is 14.1. The molecule has 4 fully saturated rings. The molecule has 2 aliphatic heterocycles. The molecule has 306 valence electrons. The first-order valence-electron chi connectivity index (χ1n) is 21.1. The lowest BCUT2D eigenvalue weighted by Crippen LogP contribution is -2.59. The molecule has 13 nitrogen and oxygen atoms in total. The van der Waals surface area contributed by atoms with Crippen LogP contribution in [0.2, 0.25) is 0 Å². The molecule has 2 saturated carbocycles. The lowest BCUT2D eigenvalue weighted by molar-refractivity contribution is -0.166. The summed E-state index contributed by atoms with van der Waals surface area (Å²) in [6, 6.07) is -0.0427. The van der Waals surface area contributed by atoms with Gasteiger partial charge in [0.25, 0.3) is 5.60 Å². The number of hydrogen-bond donors (Lipinski definition) is 7. The Labute approximate surface area is 327 Å². The zero-order valence-electron chi connectivity index (χ0n) is 33.5. The number of likely N-dealkylation sites (N-methyl/N-ethyl adjacent to an activating group) is 1. The van der Waals surface area contributed by atoms with Gasteiger partial charge in [-0.1, -0.05) is 49.6 Å². The van der Waals surface area contributed by atoms with Crippen LogP contribution in [0.1, 0.15) is 97.3 Å². The number of guanidine groups is 1. The summed E-state index contributed by atoms with van der Waals surface area (Å²) in [4.78, 5) is 48.1. The zero-order chi connectivity index (χ0) is 39.2. The number of aliphatic hydroxyl groups is 1. The summed E-state index contributed by atoms with van der Waals surface area (Å²) >= 11 is 0. The summed E-state index contributed by atoms with van der Waals surface area (Å²) in [6.45, 7) is 6.36. The van der Waals surface area contributed by atoms with Crippen LogP contribution in [0.5, 0.6) is 0 Å². The third-order valence-corrected chi connectivity index (χ3v) is 13.4. The lowest BCUT2D eigenvalue weighted by Gasteiger charge is -2.41. The fraction of sp³-hybridized carbons (Fsp3) is 0.762. The van der Waals surface area contributed by atoms with E-state index in [2.05, 4.69) is 56.7 Å². The SMILES string of the molecule is CCN[C@H]1C=C2C=CCC[C@H]2C[C@H]1[C@H](CCCO)OC(=O)[C@]12O[C@@]1(CC=C(C)C[C@@H](NC(N)=NC)C1CCNC(NCNC)C1)C(=O)C1CCCCC1C2=O. The molecule has 0 amide bonds. The number of carbonyl (C=O) groups excluding carboxylic acids is 3. The van der Waals surface area contributed by atoms with Gasteiger partial charge >= 0.3 is 5.97 Å². The van der Waals surface area contributed by atoms with Gasteiger partial charge in [0.15, 0.2) is 23.1 Å². The maximum Gasteiger partial charge on any atom is 0.350 e. The Hall–Kier alpha value is -2.94. The van der Waals surface area contributed by atoms with Gasteiger partial charge in [0, 0.05) is 56.6 Å². The van der Waals surface area contributed by atoms with Crippen LogP contribution in [0.3, 0.4) is 0 Å². The van der Waals surface area contributed by atoms with Crippen molar-refractivity contribution in [3.8, 4) is 0 Å². The minimum atomic E-state index is -1.95. The van der Waals surface area contributed by atoms with E-state index >= 15 is 0 Å². The zero-order valence-corrected chi connectivity index (χ0v) is 33.5. The second-order valence-corrected chi connectivity index (χ2v) is 16.8. The number of aliphatic imine (C=N–C) groups is 1. The van der Waals surface area contributed by atoms with Crippen molar-refractivity contribution in [1.82, 2.24) is 26.6 Å². The van der Waals surface area contributed by atoms with Gasteiger partial charge in [0.2, 0.25) is 0 Å². The summed E-state index contributed by atoms with van der Waals surface area (Å²) in [5, 5.41) is 27.1. The molecule has 6 aliphatic rings. The van der Waals surface area contributed by atoms with Crippen molar-refractivity contribution in [3.63, 3.8) is 0 Å². The third kappa shape index (κ3) is 8.67. The number of carbonyl (C=O) groups is 3. The number of nitrogens with zero attached hydrogens (tertiary/aromatic N) is 1. The van der Waals surface area contributed by atoms with Crippen molar-refractivity contribution in [2.24, 2.45) is 40.3 Å². The molecular formula is C42H67N7O6. The van der Waals surface area contributed by atoms with Crippen molar-refractivity contribution in [1.29, 1.82) is 0 Å². The third-order valence-electron chi connectivity index (χ3n) is 13.4. The van der Waals surface area contributed by atoms with Gasteiger partial charge in [-0.2, -0.15) is 0 Å². The maximum atomic E-state index is 14.7. The number of hydrogen-bond acceptors (Lipinski definition) is 11. The fourth-order valence-corrected chi connectivity index (χ4v) is 10.4. The highest BCUT2D eigenvalue weighted by molar-refractivity contribution is 6.23. The highest BCUT2D eigenvalue weighted by Gasteiger charge is 2.87. The Bertz CT molecular complexity index is 1510. The van der Waals surface area contributed by atoms with Crippen LogP contribution in [-0.2, 0) is 23.9 Å². The molecule has 0 aromatic rings. The molecule has 55 heavy (non-hydrogen) atoms. The molecule has 4 aliphatic carbocycles. The predicted octanol–water partition coefficient (Wildman–Crippen LogP) is 2.75. The summed E-state index contributed by atoms with van der Waals surface area (Å²) in [5.41, 5.74) is 5.01. The van der Waals surface area contributed by atoms with Crippen LogP contribution in [0.15, 0.2) is 40.4 Å². The molecule has 2 saturated heterocycles. The Morgan fingerprint density at radius 2 is 1.95 bits per heavy atom. The Morgan fingerprint density at radius 1 is 1.16 bits per heavy atom. The molecule has 8 N–H and O–H groups in total. The van der Waals surface area contributed by atoms with E-state index in [9.17, 15) is 19.5 Å². The number of nitrogens with one attached hydrogen (secondary N) is 5. The van der Waals surface area contributed by atoms with Gasteiger partial charge in [-0.15, -0.1) is 0 Å². The Balaban J connectivity index is 1.26. The molecular weight excluding hydrogens is 699 g/mol. The average molecular weight is 766 g/mol. The number of rotatable bonds is 17. The van der Waals surface area contributed by atoms with E-state index < -0.39 is 35.1 Å². The second kappa shape index (κ2) is 18.5. The van der Waals surface area contributed by atoms with Crippen molar-refractivity contribution < 1.29 is 29.0 Å². The summed E-state index contributed by atoms with van der Waals surface area (Å²) in [7, 11) is 3.58. The van der Waals surface area contributed by atoms with Gasteiger partial charge in [-0.3, -0.25) is 19.9 Å². The van der Waals surface area contributed by atoms with E-state index in [0.717, 1.165) is 63.6 Å². The van der Waals surface area contributed by atoms with Crippen LogP contribution in [0.4, 0.5) is 0 Å². The van der Waals surface area contributed by atoms with Crippen LogP contribution in [-0.4, -0.2) is 105 Å². The fourth-order valence-electron chi connectivity index (χ4n) is 10.4. The van der Waals surface area contributed by atoms with E-state index in [4.69, 9.17) is 15.2 Å². The van der Waals surface area contributed by atoms with E-state index in [1.807, 2.05) is 20.0 Å². The standard InChI is InChI=1S/C42H67N7O6/c1-5-46-34-23-28-12-7-6-11-27(28)22-32(34)35(15-10-20-50)54-39(53)42-38(52)31-14-9-8-13-30(31)37(51)41(42,55-42)18-16-26(2)21-33(49-40(43)45-4)29-17-19-47-36(24-29)48-25-44-3/h7,12,16,23,27,29-36,44,46-48,50H,5-6,8-11,13-15,17-22,24-25H2,1-4H3,(H3,43,45,49)/t27-,29?,30?,31?,32+,33+,34-,35-,36?,41-,42-/m0/s1. The Morgan fingerprint density at radius 3 is 2.67 bits per heavy atom. The highest BCUT2D eigenvalue weighted by atomic mass is 16.7. The minimum absolute atomic E-state index is 0.0126. The number of epoxide rings is 1. The lowest BCUT2D eigenvalue weighted by atomic mass is 9.61. The maximum absolute atomic E-state index is 14.7. The number of ketones is 2. The van der Waals surface area contributed by atoms with Crippen LogP contribution >= 0.6 is 0 Å². The van der Waals surface area contributed by atoms with Crippen molar-refractivity contribution in [3.05, 3.63) is 35.5 Å². The molecule has 6 rings (SSSR count). The molecule has 0 aromatic carbocycles. The van der Waals surface area contributed by atoms with Gasteiger partial charge in [-0.05, 0) is 109 Å². The number of fused-ring (bicyclic) bond motifs is 3. The molecule has 13 heteroatoms. The number of nitrogens with two attached hydrogens (primary N) is 1. The van der Waals surface area contributed by atoms with E-state index in [1.165, 1.54) is 5.57 Å². The average Bonchev–Trinajstić information content (AvgIpc) is 3.92. The quantitative estimate of drug-likeness (QED) is 0.0218. The molecule has 11 atom stereocenters. The predicted molar refractivity (Wildman–Crippen MR) is 213 cm³/mol. The molecule has 0 radical (unpaired) electrons. The van der Waals surface area contributed by atoms with Crippen molar-refractivity contribution in [2.45, 2.75) is 133 Å². The first-order chi connectivity index (χ1) is 26.6. The first-order valence-corrected chi connectivity index (χ1v) is 21.1. The van der Waals surface area contributed by atoms with Gasteiger partial charge < -0.3 is 41.6 Å². The van der Waals surface area contributed by atoms with Crippen LogP contribution < -0.4 is 32.3 Å². The van der Waals surface area contributed by atoms with Gasteiger partial charge in [0.05, 0.1) is 6.17 Å². The number of aliphatic hydroxyl groups excluding tert-OH is 1. The van der Waals surface area contributed by atoms with E-state index in [1.54, 1.807) is 7.05 Å². The number of allylic oxidation sites excluding steroid dienone is 3. The van der Waals surface area contributed by atoms with E-state index in [0.29, 0.717) is 56.6 Å². The molecule has 0 spiro atoms. The van der Waals surface area contributed by atoms with Crippen molar-refractivity contribution >= 4 is 23.5 Å². The smallest absolute Gasteiger partial charge is 0.350 e. The topological polar surface area (TPSA) is 192 Å². The highest BCUT2D eigenvalue weighted by Crippen LogP contribution is 2.61. The van der Waals surface area contributed by atoms with E-state index in [-0.39, 0.29) is 48.8 Å². The molecule has 0 bridgehead atoms. The monoisotopic (exact) mass is 766 g/mol. The normalized spacial score (nSPS) is 35.9. The number of piperidine rings is 1. The molecule has 0 aromatic heterocycles.